The maximum Gasteiger partial charge on any atom is 0.0406 e. The van der Waals surface area contributed by atoms with Crippen LogP contribution in [-0.4, -0.2) is 22.9 Å². The molecule has 1 saturated heterocycles. The zero-order valence-electron chi connectivity index (χ0n) is 13.6. The van der Waals surface area contributed by atoms with Crippen LogP contribution in [0.5, 0.6) is 0 Å². The van der Waals surface area contributed by atoms with Crippen LogP contribution in [0, 0.1) is 23.2 Å². The van der Waals surface area contributed by atoms with Crippen molar-refractivity contribution in [3.63, 3.8) is 0 Å². The lowest BCUT2D eigenvalue weighted by atomic mass is 9.47. The molecular weight excluding hydrogens is 258 g/mol. The van der Waals surface area contributed by atoms with E-state index in [1.165, 1.54) is 83.5 Å². The molecule has 0 aromatic carbocycles. The molecule has 5 fully saturated rings. The Balaban J connectivity index is 1.53. The molecule has 120 valence electrons. The zero-order chi connectivity index (χ0) is 14.3. The number of hydrogen-bond acceptors (Lipinski definition) is 2. The van der Waals surface area contributed by atoms with Gasteiger partial charge in [-0.2, -0.15) is 5.06 Å². The molecule has 5 rings (SSSR count). The first-order chi connectivity index (χ1) is 10.3. The van der Waals surface area contributed by atoms with Crippen molar-refractivity contribution in [1.82, 2.24) is 5.06 Å². The number of hydrogen-bond donors (Lipinski definition) is 1. The molecule has 5 aliphatic rings. The molecule has 1 aliphatic heterocycles. The highest BCUT2D eigenvalue weighted by atomic mass is 16.5. The summed E-state index contributed by atoms with van der Waals surface area (Å²) >= 11 is 0. The van der Waals surface area contributed by atoms with Gasteiger partial charge in [0.05, 0.1) is 0 Å². The number of nitrogens with zero attached hydrogens (tertiary/aromatic N) is 1. The van der Waals surface area contributed by atoms with Gasteiger partial charge in [0, 0.05) is 12.6 Å². The molecule has 0 aromatic rings. The van der Waals surface area contributed by atoms with Crippen LogP contribution in [0.15, 0.2) is 0 Å². The molecule has 0 amide bonds. The molecule has 1 atom stereocenters. The molecule has 0 radical (unpaired) electrons. The van der Waals surface area contributed by atoms with Crippen molar-refractivity contribution >= 4 is 0 Å². The summed E-state index contributed by atoms with van der Waals surface area (Å²) in [6, 6.07) is 0.476. The third kappa shape index (κ3) is 2.79. The first-order valence-corrected chi connectivity index (χ1v) is 9.71. The Morgan fingerprint density at radius 3 is 1.86 bits per heavy atom. The lowest BCUT2D eigenvalue weighted by Crippen LogP contribution is -2.56. The van der Waals surface area contributed by atoms with Crippen LogP contribution in [0.25, 0.3) is 0 Å². The van der Waals surface area contributed by atoms with Crippen LogP contribution in [0.4, 0.5) is 0 Å². The van der Waals surface area contributed by atoms with E-state index in [0.29, 0.717) is 11.5 Å². The Morgan fingerprint density at radius 1 is 0.714 bits per heavy atom. The van der Waals surface area contributed by atoms with Crippen LogP contribution < -0.4 is 0 Å². The summed E-state index contributed by atoms with van der Waals surface area (Å²) in [6.07, 6.45) is 18.1. The quantitative estimate of drug-likeness (QED) is 0.734. The Labute approximate surface area is 130 Å². The normalized spacial score (nSPS) is 48.4. The molecule has 4 saturated carbocycles. The van der Waals surface area contributed by atoms with E-state index in [-0.39, 0.29) is 0 Å². The molecule has 1 unspecified atom stereocenters. The highest BCUT2D eigenvalue weighted by Gasteiger charge is 2.55. The Kier molecular flexibility index (Phi) is 4.04. The Bertz CT molecular complexity index is 331. The average Bonchev–Trinajstić information content (AvgIpc) is 2.44. The number of rotatable bonds is 1. The summed E-state index contributed by atoms with van der Waals surface area (Å²) < 4.78 is 0. The standard InChI is InChI=1S/C19H33NO/c21-20-8-6-4-2-1-3-5-7-18(20)19-12-15-9-16(13-19)11-17(10-15)14-19/h15-18,21H,1-14H2. The summed E-state index contributed by atoms with van der Waals surface area (Å²) in [4.78, 5) is 0. The van der Waals surface area contributed by atoms with Crippen molar-refractivity contribution in [3.05, 3.63) is 0 Å². The Hall–Kier alpha value is -0.0800. The van der Waals surface area contributed by atoms with Crippen molar-refractivity contribution in [1.29, 1.82) is 0 Å². The van der Waals surface area contributed by atoms with E-state index in [1.54, 1.807) is 0 Å². The van der Waals surface area contributed by atoms with Gasteiger partial charge >= 0.3 is 0 Å². The van der Waals surface area contributed by atoms with Crippen molar-refractivity contribution < 1.29 is 5.21 Å². The van der Waals surface area contributed by atoms with E-state index < -0.39 is 0 Å². The van der Waals surface area contributed by atoms with Crippen LogP contribution in [-0.2, 0) is 0 Å². The molecule has 21 heavy (non-hydrogen) atoms. The molecule has 0 aromatic heterocycles. The van der Waals surface area contributed by atoms with Gasteiger partial charge in [-0.25, -0.2) is 0 Å². The van der Waals surface area contributed by atoms with E-state index in [2.05, 4.69) is 0 Å². The minimum atomic E-state index is 0.476. The fraction of sp³-hybridized carbons (Fsp3) is 1.00. The first kappa shape index (κ1) is 14.5. The lowest BCUT2D eigenvalue weighted by Gasteiger charge is -2.60. The van der Waals surface area contributed by atoms with Gasteiger partial charge in [0.2, 0.25) is 0 Å². The van der Waals surface area contributed by atoms with Crippen LogP contribution >= 0.6 is 0 Å². The van der Waals surface area contributed by atoms with Gasteiger partial charge in [0.15, 0.2) is 0 Å². The van der Waals surface area contributed by atoms with Crippen LogP contribution in [0.2, 0.25) is 0 Å². The summed E-state index contributed by atoms with van der Waals surface area (Å²) in [5, 5.41) is 12.6. The molecule has 1 N–H and O–H groups in total. The van der Waals surface area contributed by atoms with Crippen molar-refractivity contribution in [2.75, 3.05) is 6.54 Å². The van der Waals surface area contributed by atoms with Gasteiger partial charge in [-0.3, -0.25) is 0 Å². The van der Waals surface area contributed by atoms with Gasteiger partial charge in [-0.1, -0.05) is 32.1 Å². The van der Waals surface area contributed by atoms with Crippen LogP contribution in [0.3, 0.4) is 0 Å². The van der Waals surface area contributed by atoms with E-state index in [0.717, 1.165) is 24.3 Å². The largest absolute Gasteiger partial charge is 0.314 e. The molecule has 4 bridgehead atoms. The van der Waals surface area contributed by atoms with Gasteiger partial charge < -0.3 is 5.21 Å². The smallest absolute Gasteiger partial charge is 0.0406 e. The topological polar surface area (TPSA) is 23.5 Å². The summed E-state index contributed by atoms with van der Waals surface area (Å²) in [7, 11) is 0. The average molecular weight is 291 g/mol. The Morgan fingerprint density at radius 2 is 1.24 bits per heavy atom. The molecule has 2 heteroatoms. The second kappa shape index (κ2) is 5.85. The second-order valence-corrected chi connectivity index (χ2v) is 8.87. The minimum Gasteiger partial charge on any atom is -0.314 e. The third-order valence-corrected chi connectivity index (χ3v) is 7.27. The predicted octanol–water partition coefficient (Wildman–Crippen LogP) is 5.01. The third-order valence-electron chi connectivity index (χ3n) is 7.27. The first-order valence-electron chi connectivity index (χ1n) is 9.71. The summed E-state index contributed by atoms with van der Waals surface area (Å²) in [6.45, 7) is 0.923. The monoisotopic (exact) mass is 291 g/mol. The van der Waals surface area contributed by atoms with Crippen LogP contribution in [0.1, 0.15) is 83.5 Å². The summed E-state index contributed by atoms with van der Waals surface area (Å²) in [5.41, 5.74) is 0.489. The maximum atomic E-state index is 10.8. The van der Waals surface area contributed by atoms with Gasteiger partial charge in [0.25, 0.3) is 0 Å². The highest BCUT2D eigenvalue weighted by molar-refractivity contribution is 5.05. The van der Waals surface area contributed by atoms with E-state index >= 15 is 0 Å². The lowest BCUT2D eigenvalue weighted by molar-refractivity contribution is -0.201. The fourth-order valence-electron chi connectivity index (χ4n) is 6.83. The van der Waals surface area contributed by atoms with Gasteiger partial charge in [0.1, 0.15) is 0 Å². The van der Waals surface area contributed by atoms with Gasteiger partial charge in [-0.05, 0) is 74.5 Å². The van der Waals surface area contributed by atoms with Crippen molar-refractivity contribution in [3.8, 4) is 0 Å². The van der Waals surface area contributed by atoms with E-state index in [4.69, 9.17) is 0 Å². The van der Waals surface area contributed by atoms with Crippen molar-refractivity contribution in [2.24, 2.45) is 23.2 Å². The summed E-state index contributed by atoms with van der Waals surface area (Å²) in [5.74, 6) is 3.00. The predicted molar refractivity (Wildman–Crippen MR) is 85.2 cm³/mol. The zero-order valence-corrected chi connectivity index (χ0v) is 13.6. The fourth-order valence-corrected chi connectivity index (χ4v) is 6.83. The molecule has 0 spiro atoms. The van der Waals surface area contributed by atoms with Gasteiger partial charge in [-0.15, -0.1) is 0 Å². The maximum absolute atomic E-state index is 10.8. The minimum absolute atomic E-state index is 0.476. The van der Waals surface area contributed by atoms with Crippen molar-refractivity contribution in [2.45, 2.75) is 89.5 Å². The number of hydroxylamine groups is 2. The SMILES string of the molecule is ON1CCCCCCCCC1C12CC3CC(CC(C3)C1)C2. The molecule has 1 heterocycles. The van der Waals surface area contributed by atoms with E-state index in [9.17, 15) is 5.21 Å². The second-order valence-electron chi connectivity index (χ2n) is 8.87. The molecule has 4 aliphatic carbocycles. The highest BCUT2D eigenvalue weighted by Crippen LogP contribution is 2.62. The van der Waals surface area contributed by atoms with E-state index in [1.807, 2.05) is 5.06 Å². The molecular formula is C19H33NO. The molecule has 2 nitrogen and oxygen atoms in total.